The Morgan fingerprint density at radius 3 is 1.91 bits per heavy atom. The van der Waals surface area contributed by atoms with Crippen LogP contribution in [0.1, 0.15) is 75.2 Å². The van der Waals surface area contributed by atoms with Gasteiger partial charge in [-0.2, -0.15) is 0 Å². The molecule has 0 nitrogen and oxygen atoms in total. The summed E-state index contributed by atoms with van der Waals surface area (Å²) in [4.78, 5) is 0. The fourth-order valence-electron chi connectivity index (χ4n) is 2.74. The first-order valence-corrected chi connectivity index (χ1v) is 8.57. The first-order chi connectivity index (χ1) is 9.79. The van der Waals surface area contributed by atoms with Crippen LogP contribution in [0.3, 0.4) is 0 Å². The maximum absolute atomic E-state index is 2.38. The fourth-order valence-corrected chi connectivity index (χ4v) is 2.74. The lowest BCUT2D eigenvalue weighted by Crippen LogP contribution is -2.19. The molecule has 22 heavy (non-hydrogen) atoms. The highest BCUT2D eigenvalue weighted by Crippen LogP contribution is 2.42. The van der Waals surface area contributed by atoms with Gasteiger partial charge in [0, 0.05) is 0 Å². The summed E-state index contributed by atoms with van der Waals surface area (Å²) in [7, 11) is 0. The zero-order valence-electron chi connectivity index (χ0n) is 16.3. The average molecular weight is 301 g/mol. The maximum atomic E-state index is 2.38. The molecule has 124 valence electrons. The second kappa shape index (κ2) is 6.60. The Morgan fingerprint density at radius 1 is 0.864 bits per heavy atom. The first-order valence-electron chi connectivity index (χ1n) is 8.57. The summed E-state index contributed by atoms with van der Waals surface area (Å²) >= 11 is 0. The molecular weight excluding hydrogens is 264 g/mol. The van der Waals surface area contributed by atoms with Crippen LogP contribution in [0.5, 0.6) is 0 Å². The van der Waals surface area contributed by atoms with Crippen LogP contribution < -0.4 is 0 Å². The Bertz CT molecular complexity index is 505. The van der Waals surface area contributed by atoms with Crippen molar-refractivity contribution >= 4 is 0 Å². The third kappa shape index (κ3) is 6.81. The summed E-state index contributed by atoms with van der Waals surface area (Å²) in [5, 5.41) is 0. The summed E-state index contributed by atoms with van der Waals surface area (Å²) in [5.41, 5.74) is 5.29. The molecule has 0 heteroatoms. The van der Waals surface area contributed by atoms with E-state index in [0.717, 1.165) is 0 Å². The van der Waals surface area contributed by atoms with Gasteiger partial charge in [0.15, 0.2) is 0 Å². The standard InChI is InChI=1S/C22H36/c1-17-18(11-10-13-20(2,3)4)15-22(8,9)16-19(17)12-14-21(5,6)7/h10-14H,15-16H2,1-9H3/b13-10+,14-12+,18-11+. The van der Waals surface area contributed by atoms with E-state index in [2.05, 4.69) is 92.7 Å². The molecule has 0 aromatic carbocycles. The molecule has 0 bridgehead atoms. The van der Waals surface area contributed by atoms with Gasteiger partial charge in [-0.05, 0) is 52.7 Å². The summed E-state index contributed by atoms with van der Waals surface area (Å²) < 4.78 is 0. The van der Waals surface area contributed by atoms with E-state index in [-0.39, 0.29) is 10.8 Å². The van der Waals surface area contributed by atoms with Crippen LogP contribution in [0, 0.1) is 16.2 Å². The zero-order valence-corrected chi connectivity index (χ0v) is 16.3. The quantitative estimate of drug-likeness (QED) is 0.503. The van der Waals surface area contributed by atoms with Crippen molar-refractivity contribution in [2.45, 2.75) is 75.2 Å². The molecule has 0 spiro atoms. The van der Waals surface area contributed by atoms with Crippen LogP contribution in [-0.4, -0.2) is 0 Å². The van der Waals surface area contributed by atoms with Gasteiger partial charge in [0.1, 0.15) is 0 Å². The van der Waals surface area contributed by atoms with Crippen molar-refractivity contribution in [3.05, 3.63) is 47.1 Å². The molecule has 0 amide bonds. The summed E-state index contributed by atoms with van der Waals surface area (Å²) in [6.07, 6.45) is 13.9. The van der Waals surface area contributed by atoms with Crippen molar-refractivity contribution in [3.8, 4) is 0 Å². The highest BCUT2D eigenvalue weighted by Gasteiger charge is 2.27. The van der Waals surface area contributed by atoms with E-state index in [9.17, 15) is 0 Å². The van der Waals surface area contributed by atoms with E-state index >= 15 is 0 Å². The molecule has 0 saturated carbocycles. The lowest BCUT2D eigenvalue weighted by Gasteiger charge is -2.33. The van der Waals surface area contributed by atoms with Crippen molar-refractivity contribution in [1.29, 1.82) is 0 Å². The molecule has 0 saturated heterocycles. The van der Waals surface area contributed by atoms with Crippen LogP contribution in [-0.2, 0) is 0 Å². The van der Waals surface area contributed by atoms with Gasteiger partial charge in [-0.15, -0.1) is 0 Å². The Hall–Kier alpha value is -1.04. The topological polar surface area (TPSA) is 0 Å². The van der Waals surface area contributed by atoms with Crippen LogP contribution in [0.4, 0.5) is 0 Å². The summed E-state index contributed by atoms with van der Waals surface area (Å²) in [6.45, 7) is 20.6. The minimum absolute atomic E-state index is 0.241. The summed E-state index contributed by atoms with van der Waals surface area (Å²) in [6, 6.07) is 0. The van der Waals surface area contributed by atoms with Crippen LogP contribution >= 0.6 is 0 Å². The largest absolute Gasteiger partial charge is 0.0791 e. The Balaban J connectivity index is 3.14. The van der Waals surface area contributed by atoms with Gasteiger partial charge in [-0.25, -0.2) is 0 Å². The average Bonchev–Trinajstić information content (AvgIpc) is 2.28. The molecule has 1 aliphatic carbocycles. The second-order valence-corrected chi connectivity index (χ2v) is 9.78. The third-order valence-electron chi connectivity index (χ3n) is 3.98. The van der Waals surface area contributed by atoms with E-state index < -0.39 is 0 Å². The zero-order chi connectivity index (χ0) is 17.2. The molecule has 0 fully saturated rings. The fraction of sp³-hybridized carbons (Fsp3) is 0.636. The molecule has 0 atom stereocenters. The number of hydrogen-bond donors (Lipinski definition) is 0. The lowest BCUT2D eigenvalue weighted by molar-refractivity contribution is 0.350. The Labute approximate surface area is 139 Å². The normalized spacial score (nSPS) is 22.3. The number of allylic oxidation sites excluding steroid dienone is 8. The highest BCUT2D eigenvalue weighted by atomic mass is 14.3. The molecule has 1 rings (SSSR count). The van der Waals surface area contributed by atoms with Crippen molar-refractivity contribution in [3.63, 3.8) is 0 Å². The molecule has 0 aliphatic heterocycles. The van der Waals surface area contributed by atoms with E-state index in [0.29, 0.717) is 5.41 Å². The molecule has 0 aromatic heterocycles. The van der Waals surface area contributed by atoms with Gasteiger partial charge in [0.25, 0.3) is 0 Å². The van der Waals surface area contributed by atoms with Gasteiger partial charge in [0.2, 0.25) is 0 Å². The van der Waals surface area contributed by atoms with E-state index in [1.165, 1.54) is 29.6 Å². The smallest absolute Gasteiger partial charge is 0.0200 e. The van der Waals surface area contributed by atoms with E-state index in [4.69, 9.17) is 0 Å². The van der Waals surface area contributed by atoms with Crippen molar-refractivity contribution < 1.29 is 0 Å². The Morgan fingerprint density at radius 2 is 1.41 bits per heavy atom. The van der Waals surface area contributed by atoms with E-state index in [1.54, 1.807) is 0 Å². The minimum Gasteiger partial charge on any atom is -0.0791 e. The van der Waals surface area contributed by atoms with E-state index in [1.807, 2.05) is 0 Å². The molecular formula is C22H36. The summed E-state index contributed by atoms with van der Waals surface area (Å²) in [5.74, 6) is 0. The number of hydrogen-bond acceptors (Lipinski definition) is 0. The lowest BCUT2D eigenvalue weighted by atomic mass is 9.71. The molecule has 0 unspecified atom stereocenters. The van der Waals surface area contributed by atoms with Gasteiger partial charge in [0.05, 0.1) is 0 Å². The molecule has 1 aliphatic rings. The monoisotopic (exact) mass is 300 g/mol. The number of rotatable bonds is 2. The van der Waals surface area contributed by atoms with Crippen molar-refractivity contribution in [1.82, 2.24) is 0 Å². The highest BCUT2D eigenvalue weighted by molar-refractivity contribution is 5.44. The second-order valence-electron chi connectivity index (χ2n) is 9.78. The van der Waals surface area contributed by atoms with Crippen LogP contribution in [0.2, 0.25) is 0 Å². The van der Waals surface area contributed by atoms with Crippen molar-refractivity contribution in [2.24, 2.45) is 16.2 Å². The predicted molar refractivity (Wildman–Crippen MR) is 101 cm³/mol. The molecule has 0 N–H and O–H groups in total. The van der Waals surface area contributed by atoms with Gasteiger partial charge in [-0.3, -0.25) is 0 Å². The van der Waals surface area contributed by atoms with Crippen LogP contribution in [0.25, 0.3) is 0 Å². The molecule has 0 aromatic rings. The van der Waals surface area contributed by atoms with Gasteiger partial charge in [-0.1, -0.05) is 85.8 Å². The predicted octanol–water partition coefficient (Wildman–Crippen LogP) is 7.25. The third-order valence-corrected chi connectivity index (χ3v) is 3.98. The van der Waals surface area contributed by atoms with Gasteiger partial charge >= 0.3 is 0 Å². The van der Waals surface area contributed by atoms with Crippen molar-refractivity contribution in [2.75, 3.05) is 0 Å². The maximum Gasteiger partial charge on any atom is -0.0200 e. The molecule has 0 heterocycles. The SMILES string of the molecule is CC1=C(/C=C/C(C)(C)C)CC(C)(C)C/C1=C\C=C\C(C)(C)C. The Kier molecular flexibility index (Phi) is 5.71. The molecule has 0 radical (unpaired) electrons. The minimum atomic E-state index is 0.241. The first kappa shape index (κ1) is 19.0. The van der Waals surface area contributed by atoms with Crippen LogP contribution in [0.15, 0.2) is 47.1 Å². The van der Waals surface area contributed by atoms with Gasteiger partial charge < -0.3 is 0 Å².